The molecule has 4 rings (SSSR count). The fraction of sp³-hybridized carbons (Fsp3) is 0.556. The second-order valence-electron chi connectivity index (χ2n) is 6.92. The molecule has 0 N–H and O–H groups in total. The lowest BCUT2D eigenvalue weighted by Crippen LogP contribution is -2.35. The quantitative estimate of drug-likeness (QED) is 0.821. The monoisotopic (exact) mass is 312 g/mol. The van der Waals surface area contributed by atoms with Crippen LogP contribution in [0.15, 0.2) is 30.7 Å². The van der Waals surface area contributed by atoms with Gasteiger partial charge < -0.3 is 4.74 Å². The number of nitrogens with zero attached hydrogens (tertiary/aromatic N) is 4. The molecule has 0 bridgehead atoms. The molecule has 23 heavy (non-hydrogen) atoms. The molecule has 0 spiro atoms. The summed E-state index contributed by atoms with van der Waals surface area (Å²) in [4.78, 5) is 6.70. The van der Waals surface area contributed by atoms with Crippen LogP contribution < -0.4 is 0 Å². The molecule has 1 saturated carbocycles. The molecular formula is C18H24N4O. The third-order valence-electron chi connectivity index (χ3n) is 4.69. The van der Waals surface area contributed by atoms with Crippen molar-refractivity contribution in [2.75, 3.05) is 19.8 Å². The number of pyridine rings is 1. The highest BCUT2D eigenvalue weighted by molar-refractivity contribution is 5.25. The van der Waals surface area contributed by atoms with E-state index in [0.29, 0.717) is 5.92 Å². The average Bonchev–Trinajstić information content (AvgIpc) is 3.28. The van der Waals surface area contributed by atoms with Gasteiger partial charge in [-0.15, -0.1) is 0 Å². The van der Waals surface area contributed by atoms with Gasteiger partial charge in [0.1, 0.15) is 0 Å². The summed E-state index contributed by atoms with van der Waals surface area (Å²) in [5.41, 5.74) is 3.82. The number of fused-ring (bicyclic) bond motifs is 1. The van der Waals surface area contributed by atoms with Gasteiger partial charge in [-0.25, -0.2) is 0 Å². The average molecular weight is 312 g/mol. The number of hydrogen-bond donors (Lipinski definition) is 0. The molecule has 0 radical (unpaired) electrons. The molecule has 2 aromatic heterocycles. The van der Waals surface area contributed by atoms with E-state index < -0.39 is 0 Å². The molecule has 1 aliphatic heterocycles. The molecule has 0 unspecified atom stereocenters. The Hall–Kier alpha value is -1.72. The molecular weight excluding hydrogens is 288 g/mol. The zero-order valence-corrected chi connectivity index (χ0v) is 13.7. The minimum atomic E-state index is 0.371. The Bertz CT molecular complexity index is 650. The maximum Gasteiger partial charge on any atom is 0.0736 e. The molecule has 5 heteroatoms. The smallest absolute Gasteiger partial charge is 0.0736 e. The van der Waals surface area contributed by atoms with Crippen LogP contribution in [0.25, 0.3) is 0 Å². The maximum atomic E-state index is 5.97. The Kier molecular flexibility index (Phi) is 4.14. The van der Waals surface area contributed by atoms with Crippen LogP contribution in [0.2, 0.25) is 0 Å². The van der Waals surface area contributed by atoms with E-state index in [2.05, 4.69) is 27.2 Å². The topological polar surface area (TPSA) is 43.2 Å². The van der Waals surface area contributed by atoms with Crippen molar-refractivity contribution in [1.82, 2.24) is 19.7 Å². The minimum Gasteiger partial charge on any atom is -0.380 e. The predicted octanol–water partition coefficient (Wildman–Crippen LogP) is 2.34. The molecule has 5 nitrogen and oxygen atoms in total. The first kappa shape index (κ1) is 14.8. The fourth-order valence-corrected chi connectivity index (χ4v) is 3.39. The van der Waals surface area contributed by atoms with Gasteiger partial charge in [-0.3, -0.25) is 14.6 Å². The van der Waals surface area contributed by atoms with E-state index in [9.17, 15) is 0 Å². The summed E-state index contributed by atoms with van der Waals surface area (Å²) in [5.74, 6) is 1.18. The van der Waals surface area contributed by atoms with Gasteiger partial charge in [0.25, 0.3) is 0 Å². The van der Waals surface area contributed by atoms with Gasteiger partial charge in [0.2, 0.25) is 0 Å². The van der Waals surface area contributed by atoms with Crippen molar-refractivity contribution in [3.8, 4) is 0 Å². The Balaban J connectivity index is 1.45. The predicted molar refractivity (Wildman–Crippen MR) is 87.8 cm³/mol. The van der Waals surface area contributed by atoms with Crippen molar-refractivity contribution in [2.24, 2.45) is 13.0 Å². The Labute approximate surface area is 137 Å². The van der Waals surface area contributed by atoms with E-state index in [1.807, 2.05) is 30.2 Å². The largest absolute Gasteiger partial charge is 0.380 e. The van der Waals surface area contributed by atoms with E-state index in [4.69, 9.17) is 4.74 Å². The lowest BCUT2D eigenvalue weighted by atomic mass is 9.97. The van der Waals surface area contributed by atoms with Crippen molar-refractivity contribution >= 4 is 0 Å². The van der Waals surface area contributed by atoms with E-state index in [0.717, 1.165) is 38.8 Å². The van der Waals surface area contributed by atoms with Crippen molar-refractivity contribution in [2.45, 2.75) is 31.8 Å². The summed E-state index contributed by atoms with van der Waals surface area (Å²) in [6, 6.07) is 4.15. The minimum absolute atomic E-state index is 0.371. The van der Waals surface area contributed by atoms with Crippen LogP contribution in [0, 0.1) is 5.92 Å². The van der Waals surface area contributed by atoms with Gasteiger partial charge in [-0.05, 0) is 30.4 Å². The highest BCUT2D eigenvalue weighted by Gasteiger charge is 2.29. The second-order valence-corrected chi connectivity index (χ2v) is 6.92. The van der Waals surface area contributed by atoms with Crippen LogP contribution in [-0.4, -0.2) is 39.4 Å². The summed E-state index contributed by atoms with van der Waals surface area (Å²) in [7, 11) is 2.01. The molecule has 122 valence electrons. The molecule has 1 aliphatic carbocycles. The molecule has 1 fully saturated rings. The zero-order valence-electron chi connectivity index (χ0n) is 13.7. The summed E-state index contributed by atoms with van der Waals surface area (Å²) in [6.07, 6.45) is 8.61. The van der Waals surface area contributed by atoms with E-state index in [1.165, 1.54) is 29.7 Å². The van der Waals surface area contributed by atoms with Crippen LogP contribution in [0.1, 0.15) is 35.6 Å². The number of aryl methyl sites for hydroxylation is 1. The summed E-state index contributed by atoms with van der Waals surface area (Å²) < 4.78 is 7.91. The first-order valence-corrected chi connectivity index (χ1v) is 8.49. The Morgan fingerprint density at radius 2 is 2.22 bits per heavy atom. The van der Waals surface area contributed by atoms with Crippen LogP contribution in [0.3, 0.4) is 0 Å². The zero-order chi connectivity index (χ0) is 15.6. The Morgan fingerprint density at radius 3 is 3.00 bits per heavy atom. The molecule has 0 saturated heterocycles. The standard InChI is InChI=1S/C18H24N4O/c1-21-9-16-10-22(8-15-3-2-6-19-7-15)11-17(18(16)20-21)13-23-12-14-4-5-14/h2-3,6-7,9,14,17H,4-5,8,10-13H2,1H3/t17-/m1/s1. The van der Waals surface area contributed by atoms with Crippen LogP contribution >= 0.6 is 0 Å². The number of ether oxygens (including phenoxy) is 1. The van der Waals surface area contributed by atoms with Gasteiger partial charge in [-0.1, -0.05) is 6.07 Å². The lowest BCUT2D eigenvalue weighted by molar-refractivity contribution is 0.0881. The maximum absolute atomic E-state index is 5.97. The lowest BCUT2D eigenvalue weighted by Gasteiger charge is -2.31. The van der Waals surface area contributed by atoms with Crippen LogP contribution in [-0.2, 0) is 24.9 Å². The van der Waals surface area contributed by atoms with Crippen molar-refractivity contribution in [3.05, 3.63) is 47.5 Å². The van der Waals surface area contributed by atoms with Crippen LogP contribution in [0.4, 0.5) is 0 Å². The second kappa shape index (κ2) is 6.42. The third-order valence-corrected chi connectivity index (χ3v) is 4.69. The number of rotatable bonds is 6. The third kappa shape index (κ3) is 3.62. The number of aromatic nitrogens is 3. The van der Waals surface area contributed by atoms with Gasteiger partial charge >= 0.3 is 0 Å². The first-order chi connectivity index (χ1) is 11.3. The number of hydrogen-bond acceptors (Lipinski definition) is 4. The Morgan fingerprint density at radius 1 is 1.30 bits per heavy atom. The summed E-state index contributed by atoms with van der Waals surface area (Å²) >= 11 is 0. The van der Waals surface area contributed by atoms with E-state index >= 15 is 0 Å². The van der Waals surface area contributed by atoms with E-state index in [1.54, 1.807) is 0 Å². The van der Waals surface area contributed by atoms with Crippen LogP contribution in [0.5, 0.6) is 0 Å². The van der Waals surface area contributed by atoms with Gasteiger partial charge in [-0.2, -0.15) is 5.10 Å². The molecule has 3 heterocycles. The molecule has 2 aromatic rings. The van der Waals surface area contributed by atoms with Gasteiger partial charge in [0.15, 0.2) is 0 Å². The molecule has 0 aromatic carbocycles. The van der Waals surface area contributed by atoms with Crippen molar-refractivity contribution < 1.29 is 4.74 Å². The van der Waals surface area contributed by atoms with Gasteiger partial charge in [0.05, 0.1) is 12.3 Å². The molecule has 2 aliphatic rings. The highest BCUT2D eigenvalue weighted by atomic mass is 16.5. The molecule has 1 atom stereocenters. The normalized spacial score (nSPS) is 21.3. The summed E-state index contributed by atoms with van der Waals surface area (Å²) in [6.45, 7) is 4.59. The highest BCUT2D eigenvalue weighted by Crippen LogP contribution is 2.31. The SMILES string of the molecule is Cn1cc2c(n1)[C@@H](COCC1CC1)CN(Cc1cccnc1)C2. The molecule has 0 amide bonds. The van der Waals surface area contributed by atoms with Crippen molar-refractivity contribution in [1.29, 1.82) is 0 Å². The first-order valence-electron chi connectivity index (χ1n) is 8.49. The van der Waals surface area contributed by atoms with E-state index in [-0.39, 0.29) is 0 Å². The van der Waals surface area contributed by atoms with Gasteiger partial charge in [0, 0.05) is 63.4 Å². The summed E-state index contributed by atoms with van der Waals surface area (Å²) in [5, 5.41) is 4.69. The fourth-order valence-electron chi connectivity index (χ4n) is 3.39. The van der Waals surface area contributed by atoms with Crippen molar-refractivity contribution in [3.63, 3.8) is 0 Å².